The van der Waals surface area contributed by atoms with Crippen LogP contribution < -0.4 is 0 Å². The Kier molecular flexibility index (Phi) is 6.03. The fraction of sp³-hybridized carbons (Fsp3) is 0.636. The second-order valence-electron chi connectivity index (χ2n) is 3.79. The van der Waals surface area contributed by atoms with E-state index in [1.54, 1.807) is 6.92 Å². The molecule has 0 spiro atoms. The first-order valence-corrected chi connectivity index (χ1v) is 4.98. The number of hydrogen-bond acceptors (Lipinski definition) is 5. The maximum Gasteiger partial charge on any atom is 0.334 e. The minimum absolute atomic E-state index is 0.0532. The Bertz CT molecular complexity index is 245. The Morgan fingerprint density at radius 2 is 1.88 bits per heavy atom. The number of carbonyl (C=O) groups excluding carboxylic acids is 2. The second kappa shape index (κ2) is 6.48. The normalized spacial score (nSPS) is 13.1. The fourth-order valence-corrected chi connectivity index (χ4v) is 0.674. The number of aliphatic hydroxyl groups excluding tert-OH is 1. The number of esters is 2. The van der Waals surface area contributed by atoms with E-state index >= 15 is 0 Å². The predicted octanol–water partition coefficient (Wildman–Crippen LogP) is 0.518. The molecule has 0 aliphatic heterocycles. The molecule has 0 saturated carbocycles. The molecule has 2 unspecified atom stereocenters. The molecule has 0 aliphatic carbocycles. The van der Waals surface area contributed by atoms with Gasteiger partial charge < -0.3 is 14.6 Å². The Morgan fingerprint density at radius 3 is 2.31 bits per heavy atom. The van der Waals surface area contributed by atoms with Crippen molar-refractivity contribution in [1.29, 1.82) is 0 Å². The molecule has 0 heterocycles. The van der Waals surface area contributed by atoms with E-state index in [1.165, 1.54) is 6.92 Å². The highest BCUT2D eigenvalue weighted by molar-refractivity contribution is 5.77. The van der Waals surface area contributed by atoms with Crippen LogP contribution in [0.15, 0.2) is 0 Å². The van der Waals surface area contributed by atoms with Crippen LogP contribution in [0, 0.1) is 19.3 Å². The van der Waals surface area contributed by atoms with Crippen LogP contribution in [0.1, 0.15) is 20.3 Å². The number of aliphatic hydroxyl groups is 1. The van der Waals surface area contributed by atoms with E-state index in [1.807, 2.05) is 0 Å². The lowest BCUT2D eigenvalue weighted by molar-refractivity contribution is -0.161. The average Bonchev–Trinajstić information content (AvgIpc) is 2.23. The Hall–Kier alpha value is -1.10. The van der Waals surface area contributed by atoms with Crippen molar-refractivity contribution in [3.8, 4) is 0 Å². The van der Waals surface area contributed by atoms with Crippen molar-refractivity contribution >= 4 is 11.9 Å². The summed E-state index contributed by atoms with van der Waals surface area (Å²) >= 11 is 0. The third-order valence-electron chi connectivity index (χ3n) is 1.95. The number of hydrogen-bond donors (Lipinski definition) is 1. The molecule has 5 heteroatoms. The summed E-state index contributed by atoms with van der Waals surface area (Å²) in [7, 11) is 0. The zero-order valence-electron chi connectivity index (χ0n) is 9.69. The molecule has 0 amide bonds. The van der Waals surface area contributed by atoms with Gasteiger partial charge in [-0.15, -0.1) is 0 Å². The molecular formula is C11H18O5. The summed E-state index contributed by atoms with van der Waals surface area (Å²) in [5.41, 5.74) is -0.881. The van der Waals surface area contributed by atoms with Gasteiger partial charge in [-0.2, -0.15) is 0 Å². The lowest BCUT2D eigenvalue weighted by Crippen LogP contribution is -2.28. The van der Waals surface area contributed by atoms with E-state index < -0.39 is 23.5 Å². The van der Waals surface area contributed by atoms with Gasteiger partial charge in [0.05, 0.1) is 5.41 Å². The molecule has 0 bridgehead atoms. The largest absolute Gasteiger partial charge is 0.462 e. The van der Waals surface area contributed by atoms with Crippen LogP contribution in [0.2, 0.25) is 0 Å². The molecule has 0 aliphatic rings. The maximum atomic E-state index is 11.4. The fourth-order valence-electron chi connectivity index (χ4n) is 0.674. The quantitative estimate of drug-likeness (QED) is 0.532. The van der Waals surface area contributed by atoms with Crippen LogP contribution in [-0.2, 0) is 19.1 Å². The van der Waals surface area contributed by atoms with Crippen molar-refractivity contribution in [1.82, 2.24) is 0 Å². The van der Waals surface area contributed by atoms with Gasteiger partial charge >= 0.3 is 11.9 Å². The molecule has 0 aromatic heterocycles. The second-order valence-corrected chi connectivity index (χ2v) is 3.79. The van der Waals surface area contributed by atoms with Crippen LogP contribution in [-0.4, -0.2) is 36.4 Å². The number of rotatable bonds is 6. The Labute approximate surface area is 95.7 Å². The third kappa shape index (κ3) is 5.11. The van der Waals surface area contributed by atoms with Gasteiger partial charge in [-0.25, -0.2) is 4.79 Å². The molecule has 0 aromatic carbocycles. The van der Waals surface area contributed by atoms with Crippen molar-refractivity contribution in [2.45, 2.75) is 26.4 Å². The van der Waals surface area contributed by atoms with Gasteiger partial charge in [-0.3, -0.25) is 4.79 Å². The van der Waals surface area contributed by atoms with Crippen molar-refractivity contribution in [3.05, 3.63) is 13.8 Å². The molecule has 16 heavy (non-hydrogen) atoms. The minimum Gasteiger partial charge on any atom is -0.462 e. The molecule has 5 nitrogen and oxygen atoms in total. The zero-order valence-corrected chi connectivity index (χ0v) is 9.69. The molecule has 0 rings (SSSR count). The highest BCUT2D eigenvalue weighted by Gasteiger charge is 2.27. The van der Waals surface area contributed by atoms with E-state index in [9.17, 15) is 9.59 Å². The summed E-state index contributed by atoms with van der Waals surface area (Å²) in [6, 6.07) is 0. The summed E-state index contributed by atoms with van der Waals surface area (Å²) in [5, 5.41) is 8.80. The molecule has 1 N–H and O–H groups in total. The number of carbonyl (C=O) groups is 2. The van der Waals surface area contributed by atoms with Crippen LogP contribution in [0.3, 0.4) is 0 Å². The topological polar surface area (TPSA) is 72.8 Å². The molecule has 0 aromatic rings. The maximum absolute atomic E-state index is 11.4. The molecular weight excluding hydrogens is 212 g/mol. The van der Waals surface area contributed by atoms with Gasteiger partial charge in [0.25, 0.3) is 0 Å². The summed E-state index contributed by atoms with van der Waals surface area (Å²) < 4.78 is 9.43. The smallest absolute Gasteiger partial charge is 0.334 e. The van der Waals surface area contributed by atoms with Gasteiger partial charge in [0.15, 0.2) is 0 Å². The summed E-state index contributed by atoms with van der Waals surface area (Å²) in [4.78, 5) is 22.2. The van der Waals surface area contributed by atoms with Crippen LogP contribution in [0.25, 0.3) is 0 Å². The van der Waals surface area contributed by atoms with Gasteiger partial charge in [-0.05, 0) is 27.2 Å². The Balaban J connectivity index is 3.76. The van der Waals surface area contributed by atoms with E-state index in [-0.39, 0.29) is 13.2 Å². The molecule has 92 valence electrons. The van der Waals surface area contributed by atoms with Crippen molar-refractivity contribution in [2.75, 3.05) is 13.2 Å². The SMILES string of the molecule is [CH2]CC([CH2])(C)C(=O)OCCOC(=O)C(C)O. The van der Waals surface area contributed by atoms with Gasteiger partial charge in [0, 0.05) is 0 Å². The highest BCUT2D eigenvalue weighted by Crippen LogP contribution is 2.20. The lowest BCUT2D eigenvalue weighted by atomic mass is 9.91. The predicted molar refractivity (Wildman–Crippen MR) is 57.0 cm³/mol. The molecule has 2 atom stereocenters. The van der Waals surface area contributed by atoms with E-state index in [2.05, 4.69) is 18.6 Å². The van der Waals surface area contributed by atoms with E-state index in [0.29, 0.717) is 6.42 Å². The summed E-state index contributed by atoms with van der Waals surface area (Å²) in [6.07, 6.45) is -0.854. The van der Waals surface area contributed by atoms with E-state index in [4.69, 9.17) is 9.84 Å². The van der Waals surface area contributed by atoms with Gasteiger partial charge in [0.2, 0.25) is 0 Å². The van der Waals surface area contributed by atoms with Crippen molar-refractivity contribution in [2.24, 2.45) is 5.41 Å². The van der Waals surface area contributed by atoms with Crippen molar-refractivity contribution in [3.63, 3.8) is 0 Å². The molecule has 0 saturated heterocycles. The van der Waals surface area contributed by atoms with Gasteiger partial charge in [-0.1, -0.05) is 6.92 Å². The molecule has 2 radical (unpaired) electrons. The molecule has 0 fully saturated rings. The third-order valence-corrected chi connectivity index (χ3v) is 1.95. The Morgan fingerprint density at radius 1 is 1.38 bits per heavy atom. The van der Waals surface area contributed by atoms with Crippen LogP contribution in [0.4, 0.5) is 0 Å². The van der Waals surface area contributed by atoms with Crippen LogP contribution in [0.5, 0.6) is 0 Å². The highest BCUT2D eigenvalue weighted by atomic mass is 16.6. The van der Waals surface area contributed by atoms with Crippen LogP contribution >= 0.6 is 0 Å². The minimum atomic E-state index is -1.17. The lowest BCUT2D eigenvalue weighted by Gasteiger charge is -2.19. The standard InChI is InChI=1S/C11H18O5/c1-5-11(3,4)10(14)16-7-6-15-9(13)8(2)12/h8,12H,1,3,5-7H2,2,4H3. The number of ether oxygens (including phenoxy) is 2. The average molecular weight is 230 g/mol. The van der Waals surface area contributed by atoms with Gasteiger partial charge in [0.1, 0.15) is 19.3 Å². The van der Waals surface area contributed by atoms with E-state index in [0.717, 1.165) is 0 Å². The summed E-state index contributed by atoms with van der Waals surface area (Å²) in [6.45, 7) is 10.00. The zero-order chi connectivity index (χ0) is 12.8. The first-order chi connectivity index (χ1) is 7.31. The van der Waals surface area contributed by atoms with Crippen molar-refractivity contribution < 1.29 is 24.2 Å². The summed E-state index contributed by atoms with van der Waals surface area (Å²) in [5.74, 6) is -1.24. The first-order valence-electron chi connectivity index (χ1n) is 4.98. The first kappa shape index (κ1) is 14.9. The monoisotopic (exact) mass is 230 g/mol.